The SMILES string of the molecule is C[C@H](Nc1nc(-c2cccnc2Cl)ncc1F)C(=O)NCC(F)(F)F. The molecule has 0 unspecified atom stereocenters. The van der Waals surface area contributed by atoms with Gasteiger partial charge >= 0.3 is 6.18 Å². The topological polar surface area (TPSA) is 79.8 Å². The van der Waals surface area contributed by atoms with Crippen LogP contribution in [0.4, 0.5) is 23.4 Å². The van der Waals surface area contributed by atoms with Crippen molar-refractivity contribution < 1.29 is 22.4 Å². The van der Waals surface area contributed by atoms with Crippen molar-refractivity contribution in [1.29, 1.82) is 0 Å². The van der Waals surface area contributed by atoms with E-state index in [2.05, 4.69) is 20.3 Å². The van der Waals surface area contributed by atoms with Crippen LogP contribution in [-0.2, 0) is 4.79 Å². The van der Waals surface area contributed by atoms with Crippen LogP contribution in [0.5, 0.6) is 0 Å². The molecule has 0 fully saturated rings. The van der Waals surface area contributed by atoms with Crippen LogP contribution < -0.4 is 10.6 Å². The number of amides is 1. The summed E-state index contributed by atoms with van der Waals surface area (Å²) in [5.41, 5.74) is 0.335. The van der Waals surface area contributed by atoms with Gasteiger partial charge in [-0.05, 0) is 19.1 Å². The molecule has 2 aromatic rings. The quantitative estimate of drug-likeness (QED) is 0.618. The number of rotatable bonds is 5. The van der Waals surface area contributed by atoms with E-state index in [4.69, 9.17) is 11.6 Å². The van der Waals surface area contributed by atoms with Crippen LogP contribution in [0.1, 0.15) is 6.92 Å². The van der Waals surface area contributed by atoms with Crippen LogP contribution in [0, 0.1) is 5.82 Å². The molecule has 0 aromatic carbocycles. The number of alkyl halides is 3. The zero-order valence-electron chi connectivity index (χ0n) is 12.7. The minimum atomic E-state index is -4.54. The highest BCUT2D eigenvalue weighted by Gasteiger charge is 2.29. The molecule has 2 N–H and O–H groups in total. The standard InChI is InChI=1S/C14H12ClF4N5O/c1-7(13(25)22-6-14(17,18)19)23-12-9(16)5-21-11(24-12)8-3-2-4-20-10(8)15/h2-5,7H,6H2,1H3,(H,22,25)(H,21,23,24)/t7-/m0/s1. The van der Waals surface area contributed by atoms with E-state index in [-0.39, 0.29) is 16.8 Å². The number of anilines is 1. The maximum Gasteiger partial charge on any atom is 0.405 e. The minimum absolute atomic E-state index is 0.0462. The molecule has 1 amide bonds. The number of halogens is 5. The Morgan fingerprint density at radius 2 is 2.08 bits per heavy atom. The minimum Gasteiger partial charge on any atom is -0.356 e. The first kappa shape index (κ1) is 18.8. The second-order valence-electron chi connectivity index (χ2n) is 4.93. The van der Waals surface area contributed by atoms with E-state index in [1.165, 1.54) is 13.1 Å². The van der Waals surface area contributed by atoms with Gasteiger partial charge in [-0.25, -0.2) is 19.3 Å². The maximum absolute atomic E-state index is 13.8. The molecule has 25 heavy (non-hydrogen) atoms. The van der Waals surface area contributed by atoms with E-state index in [9.17, 15) is 22.4 Å². The number of aromatic nitrogens is 3. The molecule has 6 nitrogen and oxygen atoms in total. The molecule has 11 heteroatoms. The number of hydrogen-bond donors (Lipinski definition) is 2. The molecule has 2 aromatic heterocycles. The maximum atomic E-state index is 13.8. The summed E-state index contributed by atoms with van der Waals surface area (Å²) >= 11 is 5.92. The molecule has 0 aliphatic carbocycles. The van der Waals surface area contributed by atoms with Gasteiger partial charge in [-0.3, -0.25) is 4.79 Å². The van der Waals surface area contributed by atoms with E-state index in [1.807, 2.05) is 0 Å². The smallest absolute Gasteiger partial charge is 0.356 e. The highest BCUT2D eigenvalue weighted by Crippen LogP contribution is 2.24. The van der Waals surface area contributed by atoms with Crippen LogP contribution in [0.25, 0.3) is 11.4 Å². The number of pyridine rings is 1. The zero-order valence-corrected chi connectivity index (χ0v) is 13.5. The summed E-state index contributed by atoms with van der Waals surface area (Å²) in [5, 5.41) is 4.19. The van der Waals surface area contributed by atoms with Gasteiger partial charge in [0.2, 0.25) is 5.91 Å². The van der Waals surface area contributed by atoms with E-state index in [1.54, 1.807) is 17.4 Å². The van der Waals surface area contributed by atoms with E-state index in [0.717, 1.165) is 6.20 Å². The third kappa shape index (κ3) is 5.24. The second kappa shape index (κ2) is 7.60. The van der Waals surface area contributed by atoms with Gasteiger partial charge in [-0.2, -0.15) is 13.2 Å². The lowest BCUT2D eigenvalue weighted by Crippen LogP contribution is -2.42. The van der Waals surface area contributed by atoms with E-state index in [0.29, 0.717) is 5.56 Å². The summed E-state index contributed by atoms with van der Waals surface area (Å²) in [7, 11) is 0. The monoisotopic (exact) mass is 377 g/mol. The van der Waals surface area contributed by atoms with Gasteiger partial charge in [0.15, 0.2) is 17.5 Å². The molecule has 0 saturated heterocycles. The molecule has 0 spiro atoms. The van der Waals surface area contributed by atoms with Crippen molar-refractivity contribution >= 4 is 23.3 Å². The summed E-state index contributed by atoms with van der Waals surface area (Å²) in [6, 6.07) is 1.98. The van der Waals surface area contributed by atoms with Crippen LogP contribution in [0.15, 0.2) is 24.5 Å². The highest BCUT2D eigenvalue weighted by molar-refractivity contribution is 6.31. The fourth-order valence-corrected chi connectivity index (χ4v) is 1.97. The van der Waals surface area contributed by atoms with Crippen molar-refractivity contribution in [2.45, 2.75) is 19.1 Å². The summed E-state index contributed by atoms with van der Waals surface area (Å²) in [5.74, 6) is -2.14. The Kier molecular flexibility index (Phi) is 5.73. The molecule has 2 heterocycles. The number of nitrogens with zero attached hydrogens (tertiary/aromatic N) is 3. The molecule has 1 atom stereocenters. The van der Waals surface area contributed by atoms with Crippen molar-refractivity contribution in [1.82, 2.24) is 20.3 Å². The lowest BCUT2D eigenvalue weighted by Gasteiger charge is -2.16. The average Bonchev–Trinajstić information content (AvgIpc) is 2.54. The van der Waals surface area contributed by atoms with Crippen LogP contribution in [0.3, 0.4) is 0 Å². The molecule has 0 aliphatic heterocycles. The van der Waals surface area contributed by atoms with Gasteiger partial charge in [0.05, 0.1) is 11.8 Å². The fraction of sp³-hybridized carbons (Fsp3) is 0.286. The Labute approximate surface area is 144 Å². The summed E-state index contributed by atoms with van der Waals surface area (Å²) in [6.07, 6.45) is -2.24. The predicted molar refractivity (Wildman–Crippen MR) is 82.4 cm³/mol. The van der Waals surface area contributed by atoms with Crippen LogP contribution in [-0.4, -0.2) is 39.6 Å². The molecule has 134 valence electrons. The molecule has 0 radical (unpaired) electrons. The van der Waals surface area contributed by atoms with Gasteiger partial charge in [-0.15, -0.1) is 0 Å². The zero-order chi connectivity index (χ0) is 18.6. The van der Waals surface area contributed by atoms with Gasteiger partial charge in [0, 0.05) is 6.20 Å². The third-order valence-corrected chi connectivity index (χ3v) is 3.25. The molecule has 0 saturated carbocycles. The van der Waals surface area contributed by atoms with Gasteiger partial charge in [0.1, 0.15) is 17.7 Å². The normalized spacial score (nSPS) is 12.6. The van der Waals surface area contributed by atoms with Crippen molar-refractivity contribution in [2.75, 3.05) is 11.9 Å². The first-order chi connectivity index (χ1) is 11.7. The fourth-order valence-electron chi connectivity index (χ4n) is 1.76. The first-order valence-electron chi connectivity index (χ1n) is 6.92. The van der Waals surface area contributed by atoms with Gasteiger partial charge in [-0.1, -0.05) is 11.6 Å². The second-order valence-corrected chi connectivity index (χ2v) is 5.29. The first-order valence-corrected chi connectivity index (χ1v) is 7.29. The molecular formula is C14H12ClF4N5O. The predicted octanol–water partition coefficient (Wildman–Crippen LogP) is 2.81. The molecule has 0 bridgehead atoms. The van der Waals surface area contributed by atoms with Crippen molar-refractivity contribution in [3.05, 3.63) is 35.5 Å². The Morgan fingerprint density at radius 1 is 1.36 bits per heavy atom. The van der Waals surface area contributed by atoms with Crippen molar-refractivity contribution in [3.8, 4) is 11.4 Å². The Bertz CT molecular complexity index is 771. The summed E-state index contributed by atoms with van der Waals surface area (Å²) < 4.78 is 50.2. The summed E-state index contributed by atoms with van der Waals surface area (Å²) in [6.45, 7) is -0.218. The molecule has 0 aliphatic rings. The highest BCUT2D eigenvalue weighted by atomic mass is 35.5. The number of hydrogen-bond acceptors (Lipinski definition) is 5. The summed E-state index contributed by atoms with van der Waals surface area (Å²) in [4.78, 5) is 23.2. The van der Waals surface area contributed by atoms with Gasteiger partial charge < -0.3 is 10.6 Å². The average molecular weight is 378 g/mol. The largest absolute Gasteiger partial charge is 0.405 e. The van der Waals surface area contributed by atoms with E-state index >= 15 is 0 Å². The van der Waals surface area contributed by atoms with Gasteiger partial charge in [0.25, 0.3) is 0 Å². The lowest BCUT2D eigenvalue weighted by molar-refractivity contribution is -0.138. The van der Waals surface area contributed by atoms with Crippen LogP contribution >= 0.6 is 11.6 Å². The Morgan fingerprint density at radius 3 is 2.72 bits per heavy atom. The van der Waals surface area contributed by atoms with E-state index < -0.39 is 30.5 Å². The number of nitrogens with one attached hydrogen (secondary N) is 2. The molecule has 2 rings (SSSR count). The van der Waals surface area contributed by atoms with Crippen molar-refractivity contribution in [2.24, 2.45) is 0 Å². The van der Waals surface area contributed by atoms with Crippen LogP contribution in [0.2, 0.25) is 5.15 Å². The lowest BCUT2D eigenvalue weighted by atomic mass is 10.2. The number of carbonyl (C=O) groups excluding carboxylic acids is 1. The third-order valence-electron chi connectivity index (χ3n) is 2.95. The van der Waals surface area contributed by atoms with Crippen molar-refractivity contribution in [3.63, 3.8) is 0 Å². The molecular weight excluding hydrogens is 366 g/mol. The number of carbonyl (C=O) groups is 1. The Hall–Kier alpha value is -2.49. The Balaban J connectivity index is 2.15.